The zero-order valence-corrected chi connectivity index (χ0v) is 13.8. The fraction of sp³-hybridized carbons (Fsp3) is 0.368. The molecule has 0 saturated carbocycles. The molecule has 1 saturated heterocycles. The van der Waals surface area contributed by atoms with Gasteiger partial charge in [-0.3, -0.25) is 14.3 Å². The molecule has 0 unspecified atom stereocenters. The number of aromatic hydroxyl groups is 1. The average Bonchev–Trinajstić information content (AvgIpc) is 3.10. The monoisotopic (exact) mass is 323 g/mol. The van der Waals surface area contributed by atoms with Gasteiger partial charge in [-0.25, -0.2) is 0 Å². The Bertz CT molecular complexity index is 828. The number of likely N-dealkylation sites (tertiary alicyclic amines) is 1. The Kier molecular flexibility index (Phi) is 4.68. The number of benzene rings is 1. The highest BCUT2D eigenvalue weighted by Gasteiger charge is 2.22. The quantitative estimate of drug-likeness (QED) is 0.938. The van der Waals surface area contributed by atoms with Crippen molar-refractivity contribution in [2.24, 2.45) is 0 Å². The number of rotatable bonds is 4. The summed E-state index contributed by atoms with van der Waals surface area (Å²) in [5.74, 6) is -0.0211. The van der Waals surface area contributed by atoms with Crippen LogP contribution in [0.5, 0.6) is 5.88 Å². The van der Waals surface area contributed by atoms with Crippen molar-refractivity contribution in [3.8, 4) is 11.9 Å². The zero-order chi connectivity index (χ0) is 17.1. The van der Waals surface area contributed by atoms with E-state index in [9.17, 15) is 15.2 Å². The Morgan fingerprint density at radius 1 is 1.17 bits per heavy atom. The molecular weight excluding hydrogens is 302 g/mol. The van der Waals surface area contributed by atoms with E-state index in [1.54, 1.807) is 6.92 Å². The predicted molar refractivity (Wildman–Crippen MR) is 91.9 cm³/mol. The summed E-state index contributed by atoms with van der Waals surface area (Å²) in [6, 6.07) is 11.5. The molecule has 0 amide bonds. The highest BCUT2D eigenvalue weighted by Crippen LogP contribution is 2.25. The molecule has 1 aliphatic heterocycles. The molecule has 1 aliphatic rings. The van der Waals surface area contributed by atoms with Crippen molar-refractivity contribution in [3.05, 3.63) is 62.9 Å². The standard InChI is InChI=1S/C19H21N3O2/c1-14-16(11-20)18(23)22(12-15-7-3-2-4-8-15)19(24)17(14)13-21-9-5-6-10-21/h2-4,7-8,24H,5-6,9-10,12-13H2,1H3. The number of aromatic nitrogens is 1. The van der Waals surface area contributed by atoms with Crippen molar-refractivity contribution < 1.29 is 5.11 Å². The number of hydrogen-bond acceptors (Lipinski definition) is 4. The van der Waals surface area contributed by atoms with Crippen LogP contribution in [0.2, 0.25) is 0 Å². The van der Waals surface area contributed by atoms with Gasteiger partial charge in [0.2, 0.25) is 0 Å². The first kappa shape index (κ1) is 16.3. The topological polar surface area (TPSA) is 69.3 Å². The van der Waals surface area contributed by atoms with Crippen LogP contribution in [0.3, 0.4) is 0 Å². The zero-order valence-electron chi connectivity index (χ0n) is 13.8. The molecule has 3 rings (SSSR count). The lowest BCUT2D eigenvalue weighted by Crippen LogP contribution is -2.28. The van der Waals surface area contributed by atoms with Crippen LogP contribution in [0, 0.1) is 18.3 Å². The summed E-state index contributed by atoms with van der Waals surface area (Å²) >= 11 is 0. The molecule has 0 bridgehead atoms. The van der Waals surface area contributed by atoms with E-state index >= 15 is 0 Å². The summed E-state index contributed by atoms with van der Waals surface area (Å²) in [6.45, 7) is 4.55. The van der Waals surface area contributed by atoms with Crippen LogP contribution in [-0.4, -0.2) is 27.7 Å². The van der Waals surface area contributed by atoms with Crippen LogP contribution in [0.15, 0.2) is 35.1 Å². The molecule has 0 atom stereocenters. The SMILES string of the molecule is Cc1c(CN2CCCC2)c(O)n(Cc2ccccc2)c(=O)c1C#N. The third-order valence-electron chi connectivity index (χ3n) is 4.69. The van der Waals surface area contributed by atoms with Gasteiger partial charge in [0, 0.05) is 12.1 Å². The second-order valence-corrected chi connectivity index (χ2v) is 6.27. The molecule has 5 nitrogen and oxygen atoms in total. The number of hydrogen-bond donors (Lipinski definition) is 1. The number of nitriles is 1. The molecule has 5 heteroatoms. The largest absolute Gasteiger partial charge is 0.494 e. The summed E-state index contributed by atoms with van der Waals surface area (Å²) in [5, 5.41) is 20.1. The van der Waals surface area contributed by atoms with Gasteiger partial charge in [-0.2, -0.15) is 5.26 Å². The Morgan fingerprint density at radius 2 is 1.83 bits per heavy atom. The third kappa shape index (κ3) is 3.06. The molecule has 0 spiro atoms. The second kappa shape index (κ2) is 6.90. The summed E-state index contributed by atoms with van der Waals surface area (Å²) in [6.07, 6.45) is 2.29. The maximum Gasteiger partial charge on any atom is 0.271 e. The maximum atomic E-state index is 12.6. The minimum absolute atomic E-state index is 0.0211. The Hall–Kier alpha value is -2.58. The first-order chi connectivity index (χ1) is 11.6. The van der Waals surface area contributed by atoms with Crippen LogP contribution in [0.4, 0.5) is 0 Å². The van der Waals surface area contributed by atoms with Crippen molar-refractivity contribution in [1.82, 2.24) is 9.47 Å². The van der Waals surface area contributed by atoms with Gasteiger partial charge in [0.05, 0.1) is 6.54 Å². The van der Waals surface area contributed by atoms with E-state index in [2.05, 4.69) is 4.90 Å². The Balaban J connectivity index is 2.07. The van der Waals surface area contributed by atoms with Crippen LogP contribution >= 0.6 is 0 Å². The van der Waals surface area contributed by atoms with Crippen LogP contribution in [-0.2, 0) is 13.1 Å². The van der Waals surface area contributed by atoms with Crippen LogP contribution < -0.4 is 5.56 Å². The summed E-state index contributed by atoms with van der Waals surface area (Å²) < 4.78 is 1.31. The van der Waals surface area contributed by atoms with E-state index in [-0.39, 0.29) is 18.0 Å². The lowest BCUT2D eigenvalue weighted by Gasteiger charge is -2.20. The lowest BCUT2D eigenvalue weighted by atomic mass is 10.0. The smallest absolute Gasteiger partial charge is 0.271 e. The van der Waals surface area contributed by atoms with Gasteiger partial charge in [0.25, 0.3) is 5.56 Å². The Morgan fingerprint density at radius 3 is 2.46 bits per heavy atom. The fourth-order valence-corrected chi connectivity index (χ4v) is 3.27. The third-order valence-corrected chi connectivity index (χ3v) is 4.69. The molecule has 24 heavy (non-hydrogen) atoms. The maximum absolute atomic E-state index is 12.6. The first-order valence-electron chi connectivity index (χ1n) is 8.23. The molecule has 2 heterocycles. The molecule has 1 fully saturated rings. The van der Waals surface area contributed by atoms with Crippen LogP contribution in [0.1, 0.15) is 35.1 Å². The van der Waals surface area contributed by atoms with Gasteiger partial charge in [0.15, 0.2) is 5.88 Å². The van der Waals surface area contributed by atoms with Gasteiger partial charge >= 0.3 is 0 Å². The first-order valence-corrected chi connectivity index (χ1v) is 8.23. The molecule has 124 valence electrons. The van der Waals surface area contributed by atoms with E-state index in [1.165, 1.54) is 4.57 Å². The minimum Gasteiger partial charge on any atom is -0.494 e. The highest BCUT2D eigenvalue weighted by molar-refractivity contribution is 5.45. The number of nitrogens with zero attached hydrogens (tertiary/aromatic N) is 3. The molecule has 2 aromatic rings. The van der Waals surface area contributed by atoms with Crippen molar-refractivity contribution in [3.63, 3.8) is 0 Å². The summed E-state index contributed by atoms with van der Waals surface area (Å²) in [5.41, 5.74) is 1.88. The van der Waals surface area contributed by atoms with Gasteiger partial charge in [-0.15, -0.1) is 0 Å². The van der Waals surface area contributed by atoms with Crippen molar-refractivity contribution >= 4 is 0 Å². The van der Waals surface area contributed by atoms with Gasteiger partial charge in [-0.05, 0) is 44.0 Å². The van der Waals surface area contributed by atoms with Crippen molar-refractivity contribution in [2.75, 3.05) is 13.1 Å². The molecule has 0 aliphatic carbocycles. The predicted octanol–water partition coefficient (Wildman–Crippen LogP) is 2.38. The van der Waals surface area contributed by atoms with E-state index in [4.69, 9.17) is 0 Å². The van der Waals surface area contributed by atoms with E-state index in [0.717, 1.165) is 31.5 Å². The van der Waals surface area contributed by atoms with Gasteiger partial charge < -0.3 is 5.11 Å². The lowest BCUT2D eigenvalue weighted by molar-refractivity contribution is 0.316. The van der Waals surface area contributed by atoms with Gasteiger partial charge in [0.1, 0.15) is 11.6 Å². The normalized spacial score (nSPS) is 14.7. The molecule has 1 aromatic carbocycles. The van der Waals surface area contributed by atoms with Crippen molar-refractivity contribution in [2.45, 2.75) is 32.9 Å². The highest BCUT2D eigenvalue weighted by atomic mass is 16.3. The number of pyridine rings is 1. The fourth-order valence-electron chi connectivity index (χ4n) is 3.27. The molecule has 1 aromatic heterocycles. The van der Waals surface area contributed by atoms with Gasteiger partial charge in [-0.1, -0.05) is 30.3 Å². The molecule has 1 N–H and O–H groups in total. The van der Waals surface area contributed by atoms with E-state index in [1.807, 2.05) is 36.4 Å². The van der Waals surface area contributed by atoms with E-state index < -0.39 is 5.56 Å². The van der Waals surface area contributed by atoms with E-state index in [0.29, 0.717) is 17.7 Å². The second-order valence-electron chi connectivity index (χ2n) is 6.27. The summed E-state index contributed by atoms with van der Waals surface area (Å²) in [4.78, 5) is 14.9. The molecular formula is C19H21N3O2. The Labute approximate surface area is 141 Å². The minimum atomic E-state index is -0.429. The summed E-state index contributed by atoms with van der Waals surface area (Å²) in [7, 11) is 0. The molecule has 0 radical (unpaired) electrons. The van der Waals surface area contributed by atoms with Crippen molar-refractivity contribution in [1.29, 1.82) is 5.26 Å². The van der Waals surface area contributed by atoms with Crippen LogP contribution in [0.25, 0.3) is 0 Å². The average molecular weight is 323 g/mol.